The zero-order valence-corrected chi connectivity index (χ0v) is 21.3. The fourth-order valence-electron chi connectivity index (χ4n) is 4.13. The summed E-state index contributed by atoms with van der Waals surface area (Å²) in [4.78, 5) is 29.6. The summed E-state index contributed by atoms with van der Waals surface area (Å²) in [5, 5.41) is 3.03. The number of amides is 2. The average molecular weight is 511 g/mol. The molecule has 1 aliphatic heterocycles. The molecular formula is C30H26N2O2S2. The minimum absolute atomic E-state index is 0.0266. The lowest BCUT2D eigenvalue weighted by Crippen LogP contribution is -2.30. The summed E-state index contributed by atoms with van der Waals surface area (Å²) in [6.07, 6.45) is 0.824. The molecule has 1 aliphatic rings. The predicted molar refractivity (Wildman–Crippen MR) is 148 cm³/mol. The van der Waals surface area contributed by atoms with Crippen LogP contribution in [0.1, 0.15) is 26.9 Å². The van der Waals surface area contributed by atoms with Gasteiger partial charge in [-0.05, 0) is 53.9 Å². The number of thioether (sulfide) groups is 1. The van der Waals surface area contributed by atoms with E-state index in [0.29, 0.717) is 17.9 Å². The molecule has 5 rings (SSSR count). The zero-order valence-electron chi connectivity index (χ0n) is 19.7. The Morgan fingerprint density at radius 1 is 0.861 bits per heavy atom. The normalized spacial score (nSPS) is 15.2. The molecule has 0 spiro atoms. The van der Waals surface area contributed by atoms with E-state index in [9.17, 15) is 9.59 Å². The number of carbonyl (C=O) groups is 2. The maximum absolute atomic E-state index is 13.0. The van der Waals surface area contributed by atoms with Crippen molar-refractivity contribution >= 4 is 41.0 Å². The summed E-state index contributed by atoms with van der Waals surface area (Å²) >= 11 is 3.26. The van der Waals surface area contributed by atoms with E-state index in [1.165, 1.54) is 5.56 Å². The van der Waals surface area contributed by atoms with Crippen molar-refractivity contribution in [1.82, 2.24) is 4.90 Å². The highest BCUT2D eigenvalue weighted by Crippen LogP contribution is 2.39. The Kier molecular flexibility index (Phi) is 7.74. The van der Waals surface area contributed by atoms with Gasteiger partial charge in [-0.25, -0.2) is 0 Å². The molecule has 0 saturated carbocycles. The standard InChI is InChI=1S/C30H26N2O2S2/c33-28-21-35-30(32(28)20-19-22-9-3-1-4-10-22)24-17-15-23(16-18-24)29(34)31-26-13-7-8-14-27(26)36-25-11-5-2-6-12-25/h1-18,30H,19-21H2,(H,31,34)/t30-/m1/s1. The van der Waals surface area contributed by atoms with Crippen LogP contribution in [0, 0.1) is 0 Å². The largest absolute Gasteiger partial charge is 0.326 e. The van der Waals surface area contributed by atoms with Gasteiger partial charge in [0.2, 0.25) is 5.91 Å². The maximum atomic E-state index is 13.0. The van der Waals surface area contributed by atoms with E-state index in [4.69, 9.17) is 0 Å². The lowest BCUT2D eigenvalue weighted by Gasteiger charge is -2.24. The number of carbonyl (C=O) groups excluding carboxylic acids is 2. The molecule has 1 atom stereocenters. The lowest BCUT2D eigenvalue weighted by atomic mass is 10.1. The van der Waals surface area contributed by atoms with Crippen molar-refractivity contribution in [3.63, 3.8) is 0 Å². The summed E-state index contributed by atoms with van der Waals surface area (Å²) in [6, 6.07) is 35.8. The molecule has 4 aromatic carbocycles. The molecule has 1 N–H and O–H groups in total. The van der Waals surface area contributed by atoms with Gasteiger partial charge in [0.05, 0.1) is 11.4 Å². The van der Waals surface area contributed by atoms with Crippen molar-refractivity contribution in [3.05, 3.63) is 126 Å². The minimum atomic E-state index is -0.154. The molecule has 4 aromatic rings. The first-order valence-electron chi connectivity index (χ1n) is 11.9. The van der Waals surface area contributed by atoms with Crippen molar-refractivity contribution in [2.24, 2.45) is 0 Å². The fraction of sp³-hybridized carbons (Fsp3) is 0.133. The van der Waals surface area contributed by atoms with Gasteiger partial charge in [0.25, 0.3) is 5.91 Å². The Hall–Kier alpha value is -3.48. The summed E-state index contributed by atoms with van der Waals surface area (Å²) in [5.74, 6) is 0.492. The van der Waals surface area contributed by atoms with E-state index < -0.39 is 0 Å². The van der Waals surface area contributed by atoms with Gasteiger partial charge in [0.1, 0.15) is 5.37 Å². The van der Waals surface area contributed by atoms with E-state index in [1.807, 2.05) is 89.8 Å². The third-order valence-electron chi connectivity index (χ3n) is 6.02. The summed E-state index contributed by atoms with van der Waals surface area (Å²) in [6.45, 7) is 0.679. The van der Waals surface area contributed by atoms with Crippen LogP contribution in [-0.4, -0.2) is 29.0 Å². The van der Waals surface area contributed by atoms with Crippen molar-refractivity contribution in [1.29, 1.82) is 0 Å². The Bertz CT molecular complexity index is 1330. The maximum Gasteiger partial charge on any atom is 0.255 e. The van der Waals surface area contributed by atoms with Crippen LogP contribution >= 0.6 is 23.5 Å². The van der Waals surface area contributed by atoms with Crippen LogP contribution in [0.3, 0.4) is 0 Å². The van der Waals surface area contributed by atoms with Crippen molar-refractivity contribution < 1.29 is 9.59 Å². The third-order valence-corrected chi connectivity index (χ3v) is 8.36. The number of hydrogen-bond acceptors (Lipinski definition) is 4. The monoisotopic (exact) mass is 510 g/mol. The van der Waals surface area contributed by atoms with Gasteiger partial charge < -0.3 is 10.2 Å². The Balaban J connectivity index is 1.25. The van der Waals surface area contributed by atoms with Crippen LogP contribution in [0.25, 0.3) is 0 Å². The summed E-state index contributed by atoms with van der Waals surface area (Å²) < 4.78 is 0. The first-order valence-corrected chi connectivity index (χ1v) is 13.7. The van der Waals surface area contributed by atoms with Gasteiger partial charge in [-0.15, -0.1) is 11.8 Å². The van der Waals surface area contributed by atoms with Gasteiger partial charge in [-0.1, -0.05) is 84.6 Å². The molecule has 0 bridgehead atoms. The molecule has 36 heavy (non-hydrogen) atoms. The Morgan fingerprint density at radius 3 is 2.28 bits per heavy atom. The Labute approximate surface area is 220 Å². The van der Waals surface area contributed by atoms with Crippen molar-refractivity contribution in [3.8, 4) is 0 Å². The van der Waals surface area contributed by atoms with E-state index in [0.717, 1.165) is 27.5 Å². The second-order valence-corrected chi connectivity index (χ2v) is 10.7. The van der Waals surface area contributed by atoms with Gasteiger partial charge >= 0.3 is 0 Å². The molecule has 1 saturated heterocycles. The lowest BCUT2D eigenvalue weighted by molar-refractivity contribution is -0.128. The minimum Gasteiger partial charge on any atom is -0.326 e. The smallest absolute Gasteiger partial charge is 0.255 e. The molecule has 1 heterocycles. The number of nitrogens with one attached hydrogen (secondary N) is 1. The number of benzene rings is 4. The molecule has 0 aliphatic carbocycles. The topological polar surface area (TPSA) is 49.4 Å². The number of anilines is 1. The van der Waals surface area contributed by atoms with E-state index >= 15 is 0 Å². The van der Waals surface area contributed by atoms with Crippen LogP contribution in [0.2, 0.25) is 0 Å². The van der Waals surface area contributed by atoms with Crippen molar-refractivity contribution in [2.75, 3.05) is 17.6 Å². The predicted octanol–water partition coefficient (Wildman–Crippen LogP) is 6.91. The molecule has 4 nitrogen and oxygen atoms in total. The molecule has 1 fully saturated rings. The highest BCUT2D eigenvalue weighted by atomic mass is 32.2. The van der Waals surface area contributed by atoms with Crippen LogP contribution < -0.4 is 5.32 Å². The average Bonchev–Trinajstić information content (AvgIpc) is 3.30. The van der Waals surface area contributed by atoms with Crippen LogP contribution in [0.15, 0.2) is 119 Å². The Morgan fingerprint density at radius 2 is 1.53 bits per heavy atom. The van der Waals surface area contributed by atoms with Gasteiger partial charge in [-0.2, -0.15) is 0 Å². The molecule has 180 valence electrons. The first kappa shape index (κ1) is 24.2. The van der Waals surface area contributed by atoms with E-state index in [2.05, 4.69) is 29.6 Å². The van der Waals surface area contributed by atoms with Crippen LogP contribution in [0.5, 0.6) is 0 Å². The quantitative estimate of drug-likeness (QED) is 0.280. The van der Waals surface area contributed by atoms with E-state index in [1.54, 1.807) is 23.5 Å². The molecule has 0 unspecified atom stereocenters. The fourth-order valence-corrected chi connectivity index (χ4v) is 6.28. The third kappa shape index (κ3) is 5.83. The second kappa shape index (κ2) is 11.5. The number of para-hydroxylation sites is 1. The number of rotatable bonds is 8. The highest BCUT2D eigenvalue weighted by molar-refractivity contribution is 8.00. The van der Waals surface area contributed by atoms with Gasteiger partial charge in [0, 0.05) is 21.9 Å². The molecular weight excluding hydrogens is 484 g/mol. The highest BCUT2D eigenvalue weighted by Gasteiger charge is 2.32. The van der Waals surface area contributed by atoms with Gasteiger partial charge in [0.15, 0.2) is 0 Å². The van der Waals surface area contributed by atoms with Gasteiger partial charge in [-0.3, -0.25) is 9.59 Å². The number of nitrogens with zero attached hydrogens (tertiary/aromatic N) is 1. The summed E-state index contributed by atoms with van der Waals surface area (Å²) in [5.41, 5.74) is 3.63. The first-order chi connectivity index (χ1) is 17.7. The number of hydrogen-bond donors (Lipinski definition) is 1. The molecule has 6 heteroatoms. The van der Waals surface area contributed by atoms with Crippen LogP contribution in [0.4, 0.5) is 5.69 Å². The molecule has 0 aromatic heterocycles. The molecule has 0 radical (unpaired) electrons. The SMILES string of the molecule is O=C(Nc1ccccc1Sc1ccccc1)c1ccc([C@H]2SCC(=O)N2CCc2ccccc2)cc1. The van der Waals surface area contributed by atoms with Crippen molar-refractivity contribution in [2.45, 2.75) is 21.6 Å². The second-order valence-electron chi connectivity index (χ2n) is 8.47. The summed E-state index contributed by atoms with van der Waals surface area (Å²) in [7, 11) is 0. The van der Waals surface area contributed by atoms with E-state index in [-0.39, 0.29) is 17.2 Å². The molecule has 2 amide bonds. The van der Waals surface area contributed by atoms with Crippen LogP contribution in [-0.2, 0) is 11.2 Å². The zero-order chi connectivity index (χ0) is 24.7.